The second kappa shape index (κ2) is 7.24. The van der Waals surface area contributed by atoms with Gasteiger partial charge >= 0.3 is 5.97 Å². The zero-order valence-electron chi connectivity index (χ0n) is 11.7. The van der Waals surface area contributed by atoms with E-state index in [1.165, 1.54) is 0 Å². The van der Waals surface area contributed by atoms with Crippen molar-refractivity contribution in [3.63, 3.8) is 0 Å². The SMILES string of the molecule is CCOC(=O)COc1c(C=O)cccc1-c1ccccc1. The molecule has 4 heteroatoms. The summed E-state index contributed by atoms with van der Waals surface area (Å²) in [5.41, 5.74) is 2.09. The molecule has 0 unspecified atom stereocenters. The molecule has 0 atom stereocenters. The minimum Gasteiger partial charge on any atom is -0.481 e. The molecule has 2 aromatic rings. The van der Waals surface area contributed by atoms with Gasteiger partial charge < -0.3 is 9.47 Å². The molecular weight excluding hydrogens is 268 g/mol. The van der Waals surface area contributed by atoms with Crippen molar-refractivity contribution in [2.45, 2.75) is 6.92 Å². The van der Waals surface area contributed by atoms with Gasteiger partial charge in [-0.3, -0.25) is 4.79 Å². The largest absolute Gasteiger partial charge is 0.481 e. The number of para-hydroxylation sites is 1. The van der Waals surface area contributed by atoms with Gasteiger partial charge in [-0.25, -0.2) is 4.79 Å². The molecule has 2 rings (SSSR count). The molecule has 0 fully saturated rings. The van der Waals surface area contributed by atoms with Crippen molar-refractivity contribution < 1.29 is 19.1 Å². The topological polar surface area (TPSA) is 52.6 Å². The van der Waals surface area contributed by atoms with Crippen LogP contribution >= 0.6 is 0 Å². The maximum Gasteiger partial charge on any atom is 0.344 e. The van der Waals surface area contributed by atoms with Crippen molar-refractivity contribution >= 4 is 12.3 Å². The van der Waals surface area contributed by atoms with E-state index in [0.29, 0.717) is 24.2 Å². The van der Waals surface area contributed by atoms with Crippen LogP contribution in [0.25, 0.3) is 11.1 Å². The average molecular weight is 284 g/mol. The number of ether oxygens (including phenoxy) is 2. The van der Waals surface area contributed by atoms with Crippen molar-refractivity contribution in [1.29, 1.82) is 0 Å². The summed E-state index contributed by atoms with van der Waals surface area (Å²) in [5.74, 6) is -0.0658. The molecule has 2 aromatic carbocycles. The van der Waals surface area contributed by atoms with E-state index < -0.39 is 5.97 Å². The van der Waals surface area contributed by atoms with Gasteiger partial charge in [0.1, 0.15) is 5.75 Å². The molecule has 0 heterocycles. The first kappa shape index (κ1) is 14.8. The lowest BCUT2D eigenvalue weighted by Gasteiger charge is -2.13. The summed E-state index contributed by atoms with van der Waals surface area (Å²) in [5, 5.41) is 0. The Morgan fingerprint density at radius 3 is 2.52 bits per heavy atom. The number of benzene rings is 2. The zero-order valence-corrected chi connectivity index (χ0v) is 11.7. The zero-order chi connectivity index (χ0) is 15.1. The van der Waals surface area contributed by atoms with Crippen molar-refractivity contribution in [3.8, 4) is 16.9 Å². The van der Waals surface area contributed by atoms with E-state index in [1.54, 1.807) is 19.1 Å². The van der Waals surface area contributed by atoms with Gasteiger partial charge in [-0.05, 0) is 18.6 Å². The predicted molar refractivity (Wildman–Crippen MR) is 79.4 cm³/mol. The molecule has 0 amide bonds. The normalized spacial score (nSPS) is 9.95. The van der Waals surface area contributed by atoms with Gasteiger partial charge in [0.15, 0.2) is 12.9 Å². The van der Waals surface area contributed by atoms with E-state index in [2.05, 4.69) is 0 Å². The monoisotopic (exact) mass is 284 g/mol. The van der Waals surface area contributed by atoms with E-state index in [4.69, 9.17) is 9.47 Å². The molecular formula is C17H16O4. The van der Waals surface area contributed by atoms with Crippen LogP contribution in [0.15, 0.2) is 48.5 Å². The third-order valence-corrected chi connectivity index (χ3v) is 2.90. The molecule has 0 aromatic heterocycles. The fraction of sp³-hybridized carbons (Fsp3) is 0.176. The van der Waals surface area contributed by atoms with Crippen LogP contribution in [0.1, 0.15) is 17.3 Å². The highest BCUT2D eigenvalue weighted by Gasteiger charge is 2.13. The van der Waals surface area contributed by atoms with Crippen LogP contribution in [0.5, 0.6) is 5.75 Å². The smallest absolute Gasteiger partial charge is 0.344 e. The first-order valence-corrected chi connectivity index (χ1v) is 6.68. The number of rotatable bonds is 6. The molecule has 0 aliphatic heterocycles. The molecule has 0 spiro atoms. The highest BCUT2D eigenvalue weighted by Crippen LogP contribution is 2.32. The van der Waals surface area contributed by atoms with Crippen LogP contribution in [0, 0.1) is 0 Å². The summed E-state index contributed by atoms with van der Waals surface area (Å²) in [4.78, 5) is 22.6. The Balaban J connectivity index is 2.33. The lowest BCUT2D eigenvalue weighted by atomic mass is 10.0. The number of hydrogen-bond donors (Lipinski definition) is 0. The summed E-state index contributed by atoms with van der Waals surface area (Å²) in [7, 11) is 0. The summed E-state index contributed by atoms with van der Waals surface area (Å²) >= 11 is 0. The third-order valence-electron chi connectivity index (χ3n) is 2.90. The Kier molecular flexibility index (Phi) is 5.10. The van der Waals surface area contributed by atoms with Gasteiger partial charge in [0.2, 0.25) is 0 Å². The van der Waals surface area contributed by atoms with E-state index in [-0.39, 0.29) is 6.61 Å². The number of carbonyl (C=O) groups is 2. The molecule has 0 radical (unpaired) electrons. The molecule has 0 aliphatic rings. The average Bonchev–Trinajstić information content (AvgIpc) is 2.53. The van der Waals surface area contributed by atoms with E-state index in [1.807, 2.05) is 36.4 Å². The number of carbonyl (C=O) groups excluding carboxylic acids is 2. The lowest BCUT2D eigenvalue weighted by molar-refractivity contribution is -0.145. The predicted octanol–water partition coefficient (Wildman–Crippen LogP) is 3.11. The Morgan fingerprint density at radius 1 is 1.10 bits per heavy atom. The minimum absolute atomic E-state index is 0.224. The number of esters is 1. The van der Waals surface area contributed by atoms with Crippen molar-refractivity contribution in [1.82, 2.24) is 0 Å². The highest BCUT2D eigenvalue weighted by molar-refractivity contribution is 5.86. The lowest BCUT2D eigenvalue weighted by Crippen LogP contribution is -2.15. The van der Waals surface area contributed by atoms with E-state index in [0.717, 1.165) is 11.1 Å². The molecule has 4 nitrogen and oxygen atoms in total. The first-order chi connectivity index (χ1) is 10.3. The number of aldehydes is 1. The van der Waals surface area contributed by atoms with Gasteiger partial charge in [0.05, 0.1) is 12.2 Å². The standard InChI is InChI=1S/C17H16O4/c1-2-20-16(19)12-21-17-14(11-18)9-6-10-15(17)13-7-4-3-5-8-13/h3-11H,2,12H2,1H3. The molecule has 0 saturated carbocycles. The highest BCUT2D eigenvalue weighted by atomic mass is 16.6. The van der Waals surface area contributed by atoms with Crippen molar-refractivity contribution in [2.75, 3.05) is 13.2 Å². The minimum atomic E-state index is -0.461. The van der Waals surface area contributed by atoms with Crippen LogP contribution in [0.3, 0.4) is 0 Å². The Bertz CT molecular complexity index is 620. The van der Waals surface area contributed by atoms with Crippen LogP contribution in [-0.2, 0) is 9.53 Å². The Labute approximate surface area is 123 Å². The maximum atomic E-state index is 11.4. The maximum absolute atomic E-state index is 11.4. The summed E-state index contributed by atoms with van der Waals surface area (Å²) in [6, 6.07) is 14.8. The molecule has 0 aliphatic carbocycles. The molecule has 21 heavy (non-hydrogen) atoms. The molecule has 0 N–H and O–H groups in total. The van der Waals surface area contributed by atoms with Gasteiger partial charge in [0, 0.05) is 5.56 Å². The van der Waals surface area contributed by atoms with Gasteiger partial charge in [-0.2, -0.15) is 0 Å². The van der Waals surface area contributed by atoms with Crippen molar-refractivity contribution in [2.24, 2.45) is 0 Å². The van der Waals surface area contributed by atoms with Crippen LogP contribution in [0.2, 0.25) is 0 Å². The second-order valence-corrected chi connectivity index (χ2v) is 4.30. The fourth-order valence-corrected chi connectivity index (χ4v) is 1.99. The molecule has 0 saturated heterocycles. The van der Waals surface area contributed by atoms with Crippen LogP contribution in [-0.4, -0.2) is 25.5 Å². The van der Waals surface area contributed by atoms with Crippen LogP contribution < -0.4 is 4.74 Å². The quantitative estimate of drug-likeness (QED) is 0.604. The summed E-state index contributed by atoms with van der Waals surface area (Å²) < 4.78 is 10.4. The van der Waals surface area contributed by atoms with Crippen molar-refractivity contribution in [3.05, 3.63) is 54.1 Å². The Morgan fingerprint density at radius 2 is 1.86 bits per heavy atom. The van der Waals surface area contributed by atoms with E-state index in [9.17, 15) is 9.59 Å². The van der Waals surface area contributed by atoms with Gasteiger partial charge in [-0.1, -0.05) is 42.5 Å². The van der Waals surface area contributed by atoms with E-state index >= 15 is 0 Å². The summed E-state index contributed by atoms with van der Waals surface area (Å²) in [6.45, 7) is 1.80. The van der Waals surface area contributed by atoms with Gasteiger partial charge in [-0.15, -0.1) is 0 Å². The number of hydrogen-bond acceptors (Lipinski definition) is 4. The van der Waals surface area contributed by atoms with Crippen LogP contribution in [0.4, 0.5) is 0 Å². The molecule has 108 valence electrons. The Hall–Kier alpha value is -2.62. The summed E-state index contributed by atoms with van der Waals surface area (Å²) in [6.07, 6.45) is 0.715. The molecule has 0 bridgehead atoms. The second-order valence-electron chi connectivity index (χ2n) is 4.30. The first-order valence-electron chi connectivity index (χ1n) is 6.68. The third kappa shape index (κ3) is 3.69. The fourth-order valence-electron chi connectivity index (χ4n) is 1.99. The van der Waals surface area contributed by atoms with Gasteiger partial charge in [0.25, 0.3) is 0 Å².